The molecule has 2 saturated heterocycles. The summed E-state index contributed by atoms with van der Waals surface area (Å²) in [7, 11) is 0. The Morgan fingerprint density at radius 1 is 0.525 bits per heavy atom. The number of benzene rings is 4. The normalized spacial score (nSPS) is 15.9. The number of hydrogen-bond acceptors (Lipinski definition) is 14. The molecule has 61 heavy (non-hydrogen) atoms. The van der Waals surface area contributed by atoms with Crippen LogP contribution in [0, 0.1) is 5.82 Å². The molecule has 2 aliphatic carbocycles. The number of nitrogens with two attached hydrogens (primary N) is 1. The molecular weight excluding hydrogens is 784 g/mol. The zero-order valence-electron chi connectivity index (χ0n) is 34.3. The van der Waals surface area contributed by atoms with Crippen molar-refractivity contribution in [3.63, 3.8) is 0 Å². The summed E-state index contributed by atoms with van der Waals surface area (Å²) in [5.74, 6) is -1.72. The van der Waals surface area contributed by atoms with Crippen molar-refractivity contribution < 1.29 is 43.3 Å². The number of morpholine rings is 2. The summed E-state index contributed by atoms with van der Waals surface area (Å²) in [6.45, 7) is 10.8. The Balaban J connectivity index is 0.000000189. The van der Waals surface area contributed by atoms with E-state index in [1.807, 2.05) is 6.07 Å². The molecule has 0 saturated carbocycles. The maximum absolute atomic E-state index is 14.4. The highest BCUT2D eigenvalue weighted by Gasteiger charge is 2.35. The molecule has 15 heteroatoms. The number of nitrogens with one attached hydrogen (secondary N) is 3. The second-order valence-corrected chi connectivity index (χ2v) is 14.8. The summed E-state index contributed by atoms with van der Waals surface area (Å²) >= 11 is 0. The van der Waals surface area contributed by atoms with Crippen molar-refractivity contribution in [1.29, 1.82) is 0 Å². The summed E-state index contributed by atoms with van der Waals surface area (Å²) in [4.78, 5) is 56.9. The van der Waals surface area contributed by atoms with Gasteiger partial charge in [-0.05, 0) is 50.2 Å². The van der Waals surface area contributed by atoms with Crippen LogP contribution in [0.25, 0.3) is 0 Å². The lowest BCUT2D eigenvalue weighted by Gasteiger charge is -2.27. The number of anilines is 3. The molecule has 0 radical (unpaired) electrons. The van der Waals surface area contributed by atoms with Gasteiger partial charge in [0.1, 0.15) is 5.82 Å². The number of carbonyl (C=O) groups is 4. The third kappa shape index (κ3) is 10.9. The van der Waals surface area contributed by atoms with Gasteiger partial charge in [-0.15, -0.1) is 0 Å². The van der Waals surface area contributed by atoms with Crippen molar-refractivity contribution in [3.05, 3.63) is 123 Å². The summed E-state index contributed by atoms with van der Waals surface area (Å²) < 4.78 is 25.1. The van der Waals surface area contributed by atoms with Gasteiger partial charge in [-0.25, -0.2) is 4.39 Å². The number of halogens is 1. The highest BCUT2D eigenvalue weighted by Crippen LogP contribution is 2.37. The summed E-state index contributed by atoms with van der Waals surface area (Å²) in [6.07, 6.45) is 1.81. The maximum atomic E-state index is 14.4. The molecule has 8 rings (SSSR count). The number of fused-ring (bicyclic) bond motifs is 4. The van der Waals surface area contributed by atoms with Crippen LogP contribution in [-0.2, 0) is 9.47 Å². The first kappa shape index (κ1) is 45.1. The number of ether oxygens (including phenoxy) is 2. The molecule has 0 unspecified atom stereocenters. The zero-order valence-corrected chi connectivity index (χ0v) is 34.3. The Labute approximate surface area is 355 Å². The molecule has 324 valence electrons. The average Bonchev–Trinajstić information content (AvgIpc) is 3.30. The predicted molar refractivity (Wildman–Crippen MR) is 232 cm³/mol. The van der Waals surface area contributed by atoms with Crippen LogP contribution in [0.1, 0.15) is 76.5 Å². The number of aliphatic hydroxyl groups excluding tert-OH is 2. The van der Waals surface area contributed by atoms with Crippen LogP contribution >= 0.6 is 0 Å². The minimum absolute atomic E-state index is 0.0605. The van der Waals surface area contributed by atoms with Crippen LogP contribution in [0.5, 0.6) is 0 Å². The van der Waals surface area contributed by atoms with Gasteiger partial charge in [0.25, 0.3) is 0 Å². The van der Waals surface area contributed by atoms with Gasteiger partial charge in [-0.2, -0.15) is 0 Å². The summed E-state index contributed by atoms with van der Waals surface area (Å²) in [5, 5.41) is 26.6. The van der Waals surface area contributed by atoms with Crippen LogP contribution in [-0.4, -0.2) is 148 Å². The first-order valence-corrected chi connectivity index (χ1v) is 20.9. The average molecular weight is 839 g/mol. The molecule has 7 N–H and O–H groups in total. The second-order valence-electron chi connectivity index (χ2n) is 14.8. The molecule has 2 heterocycles. The second kappa shape index (κ2) is 22.5. The van der Waals surface area contributed by atoms with E-state index in [0.29, 0.717) is 71.1 Å². The summed E-state index contributed by atoms with van der Waals surface area (Å²) in [5.41, 5.74) is 8.80. The quantitative estimate of drug-likeness (QED) is 0.0870. The zero-order chi connectivity index (χ0) is 43.1. The molecule has 0 bridgehead atoms. The molecule has 2 aliphatic heterocycles. The molecule has 4 aromatic rings. The standard InChI is InChI=1S/C23H27N3O4.C21H21FN2O3.C2H7NO/c27-13-9-25-19-7-6-18(24-8-3-10-26-11-14-30-15-12-26)20-21(19)23(29)17-5-2-1-4-16(17)22(20)28;22-16-6-7-17(23-8-3-9-24-10-12-27-13-11-24)19-18(16)20(25)14-4-1-2-5-15(14)21(19)26;3-1-2-4/h1-2,4-7,24-25,27H,3,8-15H2;1-2,4-7,23H,3,8-13H2;4H,1-3H2. The fourth-order valence-corrected chi connectivity index (χ4v) is 7.74. The SMILES string of the molecule is NCCO.O=C1c2ccccc2C(=O)c2c(NCCCN3CCOCC3)ccc(F)c21.O=C1c2ccccc2C(=O)c2c(NCCCN3CCOCC3)ccc(NCCO)c21. The van der Waals surface area contributed by atoms with E-state index in [4.69, 9.17) is 20.3 Å². The van der Waals surface area contributed by atoms with E-state index < -0.39 is 11.6 Å². The molecule has 4 aliphatic rings. The van der Waals surface area contributed by atoms with Gasteiger partial charge in [0.15, 0.2) is 23.1 Å². The predicted octanol–water partition coefficient (Wildman–Crippen LogP) is 3.67. The number of ketones is 4. The van der Waals surface area contributed by atoms with E-state index in [9.17, 15) is 28.7 Å². The minimum atomic E-state index is -0.656. The van der Waals surface area contributed by atoms with Gasteiger partial charge in [-0.3, -0.25) is 29.0 Å². The Kier molecular flexibility index (Phi) is 16.6. The topological polar surface area (TPSA) is 196 Å². The van der Waals surface area contributed by atoms with Gasteiger partial charge in [-0.1, -0.05) is 48.5 Å². The van der Waals surface area contributed by atoms with Crippen molar-refractivity contribution in [2.24, 2.45) is 5.73 Å². The lowest BCUT2D eigenvalue weighted by Crippen LogP contribution is -2.37. The van der Waals surface area contributed by atoms with E-state index in [1.165, 1.54) is 6.07 Å². The van der Waals surface area contributed by atoms with E-state index in [0.717, 1.165) is 78.5 Å². The number of aliphatic hydroxyl groups is 2. The van der Waals surface area contributed by atoms with E-state index >= 15 is 0 Å². The smallest absolute Gasteiger partial charge is 0.197 e. The summed E-state index contributed by atoms with van der Waals surface area (Å²) in [6, 6.07) is 20.0. The van der Waals surface area contributed by atoms with Gasteiger partial charge < -0.3 is 41.4 Å². The van der Waals surface area contributed by atoms with Crippen LogP contribution in [0.3, 0.4) is 0 Å². The highest BCUT2D eigenvalue weighted by molar-refractivity contribution is 6.32. The minimum Gasteiger partial charge on any atom is -0.395 e. The van der Waals surface area contributed by atoms with Gasteiger partial charge >= 0.3 is 0 Å². The third-order valence-corrected chi connectivity index (χ3v) is 10.8. The number of rotatable bonds is 14. The maximum Gasteiger partial charge on any atom is 0.197 e. The van der Waals surface area contributed by atoms with Crippen molar-refractivity contribution in [1.82, 2.24) is 9.80 Å². The monoisotopic (exact) mass is 838 g/mol. The Hall–Kier alpha value is -5.39. The molecule has 4 aromatic carbocycles. The van der Waals surface area contributed by atoms with Crippen molar-refractivity contribution in [3.8, 4) is 0 Å². The van der Waals surface area contributed by atoms with E-state index in [1.54, 1.807) is 60.7 Å². The number of hydrogen-bond donors (Lipinski definition) is 6. The van der Waals surface area contributed by atoms with Crippen molar-refractivity contribution >= 4 is 40.2 Å². The lowest BCUT2D eigenvalue weighted by atomic mass is 9.82. The fourth-order valence-electron chi connectivity index (χ4n) is 7.74. The lowest BCUT2D eigenvalue weighted by molar-refractivity contribution is 0.0378. The van der Waals surface area contributed by atoms with Gasteiger partial charge in [0.2, 0.25) is 0 Å². The Morgan fingerprint density at radius 3 is 1.25 bits per heavy atom. The van der Waals surface area contributed by atoms with Crippen molar-refractivity contribution in [2.75, 3.05) is 121 Å². The number of carbonyl (C=O) groups excluding carboxylic acids is 4. The van der Waals surface area contributed by atoms with Gasteiger partial charge in [0.05, 0.1) is 61.9 Å². The molecule has 0 spiro atoms. The van der Waals surface area contributed by atoms with E-state index in [2.05, 4.69) is 25.8 Å². The van der Waals surface area contributed by atoms with Crippen LogP contribution in [0.15, 0.2) is 72.8 Å². The van der Waals surface area contributed by atoms with E-state index in [-0.39, 0.29) is 47.3 Å². The number of nitrogens with zero attached hydrogens (tertiary/aromatic N) is 2. The largest absolute Gasteiger partial charge is 0.395 e. The third-order valence-electron chi connectivity index (χ3n) is 10.8. The molecule has 2 fully saturated rings. The first-order valence-electron chi connectivity index (χ1n) is 20.9. The Bertz CT molecular complexity index is 2170. The fraction of sp³-hybridized carbons (Fsp3) is 0.391. The molecule has 14 nitrogen and oxygen atoms in total. The first-order chi connectivity index (χ1) is 29.8. The molecule has 0 atom stereocenters. The molecule has 0 amide bonds. The van der Waals surface area contributed by atoms with Crippen LogP contribution in [0.4, 0.5) is 21.5 Å². The highest BCUT2D eigenvalue weighted by atomic mass is 19.1. The van der Waals surface area contributed by atoms with Gasteiger partial charge in [0, 0.05) is 91.7 Å². The van der Waals surface area contributed by atoms with Crippen LogP contribution < -0.4 is 21.7 Å². The van der Waals surface area contributed by atoms with Crippen molar-refractivity contribution in [2.45, 2.75) is 12.8 Å². The molecule has 0 aromatic heterocycles. The molecular formula is C46H55FN6O8. The van der Waals surface area contributed by atoms with Crippen LogP contribution in [0.2, 0.25) is 0 Å². The Morgan fingerprint density at radius 2 is 0.869 bits per heavy atom.